The largest absolute Gasteiger partial charge is 0.300 e. The van der Waals surface area contributed by atoms with Gasteiger partial charge in [0.25, 0.3) is 0 Å². The first-order chi connectivity index (χ1) is 8.22. The Morgan fingerprint density at radius 2 is 1.76 bits per heavy atom. The highest BCUT2D eigenvalue weighted by atomic mass is 16.1. The molecule has 3 rings (SSSR count). The number of rotatable bonds is 3. The van der Waals surface area contributed by atoms with Gasteiger partial charge >= 0.3 is 0 Å². The van der Waals surface area contributed by atoms with E-state index in [1.165, 1.54) is 51.5 Å². The summed E-state index contributed by atoms with van der Waals surface area (Å²) in [6.45, 7) is 3.65. The van der Waals surface area contributed by atoms with Crippen LogP contribution in [-0.2, 0) is 4.79 Å². The second-order valence-electron chi connectivity index (χ2n) is 6.56. The van der Waals surface area contributed by atoms with Crippen LogP contribution in [0.25, 0.3) is 0 Å². The molecule has 2 heterocycles. The predicted molar refractivity (Wildman–Crippen MR) is 68.9 cm³/mol. The minimum atomic E-state index is 0.519. The summed E-state index contributed by atoms with van der Waals surface area (Å²) < 4.78 is 0. The van der Waals surface area contributed by atoms with Gasteiger partial charge in [-0.2, -0.15) is 0 Å². The molecule has 0 aromatic heterocycles. The summed E-state index contributed by atoms with van der Waals surface area (Å²) in [6.07, 6.45) is 11.3. The average Bonchev–Trinajstić information content (AvgIpc) is 2.86. The zero-order valence-electron chi connectivity index (χ0n) is 11.1. The maximum atomic E-state index is 11.6. The van der Waals surface area contributed by atoms with E-state index >= 15 is 0 Å². The lowest BCUT2D eigenvalue weighted by molar-refractivity contribution is -0.124. The van der Waals surface area contributed by atoms with Gasteiger partial charge < -0.3 is 0 Å². The van der Waals surface area contributed by atoms with Gasteiger partial charge in [-0.25, -0.2) is 0 Å². The van der Waals surface area contributed by atoms with Gasteiger partial charge in [0.15, 0.2) is 0 Å². The van der Waals surface area contributed by atoms with Gasteiger partial charge in [-0.3, -0.25) is 9.69 Å². The Bertz CT molecular complexity index is 290. The molecule has 2 aliphatic heterocycles. The zero-order chi connectivity index (χ0) is 11.9. The quantitative estimate of drug-likeness (QED) is 0.749. The Labute approximate surface area is 105 Å². The fourth-order valence-electron chi connectivity index (χ4n) is 4.46. The van der Waals surface area contributed by atoms with Crippen molar-refractivity contribution in [3.05, 3.63) is 0 Å². The lowest BCUT2D eigenvalue weighted by atomic mass is 9.81. The highest BCUT2D eigenvalue weighted by Gasteiger charge is 2.44. The molecule has 17 heavy (non-hydrogen) atoms. The van der Waals surface area contributed by atoms with Crippen molar-refractivity contribution in [2.75, 3.05) is 6.54 Å². The molecule has 1 saturated carbocycles. The third-order valence-corrected chi connectivity index (χ3v) is 5.63. The first-order valence-corrected chi connectivity index (χ1v) is 7.50. The van der Waals surface area contributed by atoms with E-state index in [1.54, 1.807) is 0 Å². The van der Waals surface area contributed by atoms with E-state index in [1.807, 2.05) is 0 Å². The van der Waals surface area contributed by atoms with Crippen LogP contribution >= 0.6 is 0 Å². The molecule has 0 N–H and O–H groups in total. The van der Waals surface area contributed by atoms with Gasteiger partial charge in [0.2, 0.25) is 0 Å². The molecule has 2 saturated heterocycles. The highest BCUT2D eigenvalue weighted by Crippen LogP contribution is 2.45. The van der Waals surface area contributed by atoms with Gasteiger partial charge in [-0.05, 0) is 37.5 Å². The number of hydrogen-bond donors (Lipinski definition) is 0. The molecule has 2 heteroatoms. The van der Waals surface area contributed by atoms with Crippen molar-refractivity contribution < 1.29 is 4.79 Å². The summed E-state index contributed by atoms with van der Waals surface area (Å²) in [7, 11) is 0. The molecular formula is C15H25NO. The number of carbonyl (C=O) groups excluding carboxylic acids is 1. The van der Waals surface area contributed by atoms with Crippen LogP contribution in [0.2, 0.25) is 0 Å². The molecule has 0 amide bonds. The monoisotopic (exact) mass is 235 g/mol. The fourth-order valence-corrected chi connectivity index (χ4v) is 4.46. The first kappa shape index (κ1) is 11.7. The molecule has 0 aromatic carbocycles. The van der Waals surface area contributed by atoms with E-state index in [-0.39, 0.29) is 0 Å². The molecule has 2 atom stereocenters. The van der Waals surface area contributed by atoms with E-state index in [0.29, 0.717) is 23.3 Å². The third-order valence-electron chi connectivity index (χ3n) is 5.63. The first-order valence-electron chi connectivity index (χ1n) is 7.50. The third kappa shape index (κ3) is 2.05. The second-order valence-corrected chi connectivity index (χ2v) is 6.56. The van der Waals surface area contributed by atoms with Crippen LogP contribution in [0.5, 0.6) is 0 Å². The molecule has 96 valence electrons. The molecule has 2 nitrogen and oxygen atoms in total. The van der Waals surface area contributed by atoms with Crippen LogP contribution in [0.4, 0.5) is 0 Å². The summed E-state index contributed by atoms with van der Waals surface area (Å²) >= 11 is 0. The van der Waals surface area contributed by atoms with Crippen molar-refractivity contribution in [3.8, 4) is 0 Å². The lowest BCUT2D eigenvalue weighted by Crippen LogP contribution is -2.48. The van der Waals surface area contributed by atoms with Crippen molar-refractivity contribution in [2.24, 2.45) is 5.41 Å². The van der Waals surface area contributed by atoms with E-state index in [4.69, 9.17) is 0 Å². The molecule has 0 radical (unpaired) electrons. The minimum absolute atomic E-state index is 0.519. The van der Waals surface area contributed by atoms with E-state index < -0.39 is 0 Å². The maximum Gasteiger partial charge on any atom is 0.136 e. The van der Waals surface area contributed by atoms with E-state index in [9.17, 15) is 4.79 Å². The Hall–Kier alpha value is -0.370. The molecular weight excluding hydrogens is 210 g/mol. The molecule has 2 bridgehead atoms. The Balaban J connectivity index is 1.71. The molecule has 3 aliphatic rings. The van der Waals surface area contributed by atoms with Gasteiger partial charge in [-0.15, -0.1) is 0 Å². The van der Waals surface area contributed by atoms with Crippen LogP contribution in [0.15, 0.2) is 0 Å². The fraction of sp³-hybridized carbons (Fsp3) is 0.933. The maximum absolute atomic E-state index is 11.6. The smallest absolute Gasteiger partial charge is 0.136 e. The summed E-state index contributed by atoms with van der Waals surface area (Å²) in [5.74, 6) is 0.519. The predicted octanol–water partition coefficient (Wildman–Crippen LogP) is 3.15. The van der Waals surface area contributed by atoms with E-state index in [2.05, 4.69) is 11.8 Å². The van der Waals surface area contributed by atoms with Crippen LogP contribution in [0.3, 0.4) is 0 Å². The Morgan fingerprint density at radius 1 is 1.18 bits per heavy atom. The van der Waals surface area contributed by atoms with E-state index in [0.717, 1.165) is 12.8 Å². The number of Topliss-reactive ketones (excluding diaryl/α,β-unsaturated/α-hetero) is 1. The number of fused-ring (bicyclic) bond motifs is 2. The Kier molecular flexibility index (Phi) is 3.02. The van der Waals surface area contributed by atoms with Crippen LogP contribution < -0.4 is 0 Å². The van der Waals surface area contributed by atoms with Crippen molar-refractivity contribution in [3.63, 3.8) is 0 Å². The lowest BCUT2D eigenvalue weighted by Gasteiger charge is -2.41. The molecule has 1 aliphatic carbocycles. The number of piperidine rings is 1. The average molecular weight is 235 g/mol. The summed E-state index contributed by atoms with van der Waals surface area (Å²) in [5.41, 5.74) is 0.598. The van der Waals surface area contributed by atoms with Crippen molar-refractivity contribution in [1.29, 1.82) is 0 Å². The van der Waals surface area contributed by atoms with Gasteiger partial charge in [0.1, 0.15) is 5.78 Å². The molecule has 2 unspecified atom stereocenters. The van der Waals surface area contributed by atoms with Crippen molar-refractivity contribution >= 4 is 5.78 Å². The highest BCUT2D eigenvalue weighted by molar-refractivity contribution is 5.80. The second kappa shape index (κ2) is 4.38. The number of carbonyl (C=O) groups is 1. The molecule has 0 aromatic rings. The molecule has 0 spiro atoms. The topological polar surface area (TPSA) is 20.3 Å². The van der Waals surface area contributed by atoms with Crippen LogP contribution in [0, 0.1) is 5.41 Å². The molecule has 3 fully saturated rings. The van der Waals surface area contributed by atoms with Gasteiger partial charge in [0, 0.05) is 31.5 Å². The zero-order valence-corrected chi connectivity index (χ0v) is 11.1. The number of ketones is 1. The van der Waals surface area contributed by atoms with Crippen LogP contribution in [0.1, 0.15) is 64.7 Å². The summed E-state index contributed by atoms with van der Waals surface area (Å²) in [6, 6.07) is 1.20. The number of hydrogen-bond acceptors (Lipinski definition) is 2. The minimum Gasteiger partial charge on any atom is -0.300 e. The normalized spacial score (nSPS) is 36.6. The summed E-state index contributed by atoms with van der Waals surface area (Å²) in [5, 5.41) is 0. The van der Waals surface area contributed by atoms with Crippen molar-refractivity contribution in [2.45, 2.75) is 76.8 Å². The summed E-state index contributed by atoms with van der Waals surface area (Å²) in [4.78, 5) is 14.3. The van der Waals surface area contributed by atoms with Gasteiger partial charge in [0.05, 0.1) is 0 Å². The van der Waals surface area contributed by atoms with Crippen molar-refractivity contribution in [1.82, 2.24) is 4.90 Å². The number of nitrogens with zero attached hydrogens (tertiary/aromatic N) is 1. The standard InChI is InChI=1S/C15H25NO/c1-2-15(7-3-4-8-15)11-16-12-5-6-13(16)10-14(17)9-12/h12-13H,2-11H2,1H3. The van der Waals surface area contributed by atoms with Gasteiger partial charge in [-0.1, -0.05) is 19.8 Å². The SMILES string of the molecule is CCC1(CN2C3CCC2CC(=O)C3)CCCC1. The van der Waals surface area contributed by atoms with Crippen LogP contribution in [-0.4, -0.2) is 29.3 Å². The Morgan fingerprint density at radius 3 is 2.29 bits per heavy atom.